The molecule has 0 aliphatic heterocycles. The molecular weight excluding hydrogens is 430 g/mol. The van der Waals surface area contributed by atoms with Gasteiger partial charge in [-0.3, -0.25) is 4.79 Å². The highest BCUT2D eigenvalue weighted by molar-refractivity contribution is 5.76. The SMILES string of the molecule is CCCCCCCCCCCCCCCCCCN(CCO)C(=O)CCCCCCCCCCC. The minimum absolute atomic E-state index is 0.0857. The van der Waals surface area contributed by atoms with Crippen LogP contribution in [-0.4, -0.2) is 35.6 Å². The van der Waals surface area contributed by atoms with Crippen LogP contribution < -0.4 is 0 Å². The van der Waals surface area contributed by atoms with Crippen molar-refractivity contribution in [3.63, 3.8) is 0 Å². The first-order valence-corrected chi connectivity index (χ1v) is 16.1. The highest BCUT2D eigenvalue weighted by Gasteiger charge is 2.12. The number of hydrogen-bond donors (Lipinski definition) is 1. The van der Waals surface area contributed by atoms with E-state index in [9.17, 15) is 9.90 Å². The molecule has 0 rings (SSSR count). The number of rotatable bonds is 29. The zero-order valence-electron chi connectivity index (χ0n) is 24.3. The number of amides is 1. The van der Waals surface area contributed by atoms with Crippen molar-refractivity contribution >= 4 is 5.91 Å². The second-order valence-electron chi connectivity index (χ2n) is 11.0. The van der Waals surface area contributed by atoms with E-state index in [0.29, 0.717) is 13.0 Å². The van der Waals surface area contributed by atoms with E-state index >= 15 is 0 Å². The lowest BCUT2D eigenvalue weighted by Crippen LogP contribution is -2.34. The highest BCUT2D eigenvalue weighted by atomic mass is 16.3. The number of unbranched alkanes of at least 4 members (excludes halogenated alkanes) is 23. The number of nitrogens with zero attached hydrogens (tertiary/aromatic N) is 1. The molecule has 0 aromatic carbocycles. The van der Waals surface area contributed by atoms with E-state index in [4.69, 9.17) is 0 Å². The average Bonchev–Trinajstić information content (AvgIpc) is 2.86. The van der Waals surface area contributed by atoms with Gasteiger partial charge in [0, 0.05) is 19.5 Å². The minimum Gasteiger partial charge on any atom is -0.395 e. The summed E-state index contributed by atoms with van der Waals surface area (Å²) in [5, 5.41) is 9.36. The maximum absolute atomic E-state index is 12.5. The van der Waals surface area contributed by atoms with Crippen LogP contribution in [0.5, 0.6) is 0 Å². The molecule has 0 unspecified atom stereocenters. The third-order valence-electron chi connectivity index (χ3n) is 7.50. The Morgan fingerprint density at radius 2 is 0.771 bits per heavy atom. The quantitative estimate of drug-likeness (QED) is 0.105. The topological polar surface area (TPSA) is 40.5 Å². The predicted octanol–water partition coefficient (Wildman–Crippen LogP) is 9.99. The van der Waals surface area contributed by atoms with Crippen molar-refractivity contribution in [1.82, 2.24) is 4.90 Å². The van der Waals surface area contributed by atoms with Crippen molar-refractivity contribution in [3.05, 3.63) is 0 Å². The summed E-state index contributed by atoms with van der Waals surface area (Å²) in [6.45, 7) is 5.97. The summed E-state index contributed by atoms with van der Waals surface area (Å²) in [4.78, 5) is 14.5. The van der Waals surface area contributed by atoms with Gasteiger partial charge in [-0.25, -0.2) is 0 Å². The Bertz CT molecular complexity index is 412. The smallest absolute Gasteiger partial charge is 0.222 e. The monoisotopic (exact) mass is 496 g/mol. The maximum atomic E-state index is 12.5. The number of carbonyl (C=O) groups is 1. The van der Waals surface area contributed by atoms with E-state index < -0.39 is 0 Å². The van der Waals surface area contributed by atoms with Crippen LogP contribution in [0.1, 0.15) is 181 Å². The van der Waals surface area contributed by atoms with Crippen LogP contribution in [0.2, 0.25) is 0 Å². The van der Waals surface area contributed by atoms with Gasteiger partial charge in [-0.1, -0.05) is 162 Å². The van der Waals surface area contributed by atoms with Gasteiger partial charge in [-0.05, 0) is 12.8 Å². The van der Waals surface area contributed by atoms with Gasteiger partial charge in [-0.15, -0.1) is 0 Å². The molecule has 0 heterocycles. The van der Waals surface area contributed by atoms with Crippen LogP contribution in [-0.2, 0) is 4.79 Å². The second-order valence-corrected chi connectivity index (χ2v) is 11.0. The summed E-state index contributed by atoms with van der Waals surface area (Å²) in [5.74, 6) is 0.253. The molecule has 1 amide bonds. The zero-order valence-corrected chi connectivity index (χ0v) is 24.3. The lowest BCUT2D eigenvalue weighted by Gasteiger charge is -2.22. The average molecular weight is 496 g/mol. The molecule has 210 valence electrons. The molecule has 0 spiro atoms. The van der Waals surface area contributed by atoms with Crippen molar-refractivity contribution in [1.29, 1.82) is 0 Å². The Hall–Kier alpha value is -0.570. The fourth-order valence-electron chi connectivity index (χ4n) is 5.08. The zero-order chi connectivity index (χ0) is 25.7. The summed E-state index contributed by atoms with van der Waals surface area (Å²) in [5.41, 5.74) is 0. The third-order valence-corrected chi connectivity index (χ3v) is 7.50. The molecule has 0 aliphatic carbocycles. The lowest BCUT2D eigenvalue weighted by molar-refractivity contribution is -0.131. The fraction of sp³-hybridized carbons (Fsp3) is 0.969. The fourth-order valence-corrected chi connectivity index (χ4v) is 5.08. The van der Waals surface area contributed by atoms with Crippen LogP contribution in [0.15, 0.2) is 0 Å². The van der Waals surface area contributed by atoms with E-state index in [1.54, 1.807) is 0 Å². The van der Waals surface area contributed by atoms with Gasteiger partial charge in [-0.2, -0.15) is 0 Å². The third kappa shape index (κ3) is 26.3. The molecule has 3 heteroatoms. The van der Waals surface area contributed by atoms with Crippen molar-refractivity contribution in [2.24, 2.45) is 0 Å². The van der Waals surface area contributed by atoms with Gasteiger partial charge in [0.25, 0.3) is 0 Å². The second kappa shape index (κ2) is 29.7. The van der Waals surface area contributed by atoms with Crippen molar-refractivity contribution in [3.8, 4) is 0 Å². The molecule has 0 saturated carbocycles. The van der Waals surface area contributed by atoms with E-state index in [1.165, 1.54) is 148 Å². The maximum Gasteiger partial charge on any atom is 0.222 e. The molecule has 0 aromatic rings. The number of hydrogen-bond acceptors (Lipinski definition) is 2. The van der Waals surface area contributed by atoms with Gasteiger partial charge >= 0.3 is 0 Å². The van der Waals surface area contributed by atoms with Crippen molar-refractivity contribution in [2.45, 2.75) is 181 Å². The number of carbonyl (C=O) groups excluding carboxylic acids is 1. The Labute approximate surface area is 221 Å². The van der Waals surface area contributed by atoms with Crippen LogP contribution >= 0.6 is 0 Å². The Morgan fingerprint density at radius 1 is 0.457 bits per heavy atom. The molecule has 1 N–H and O–H groups in total. The summed E-state index contributed by atoms with van der Waals surface area (Å²) in [6, 6.07) is 0. The molecular formula is C32H65NO2. The molecule has 3 nitrogen and oxygen atoms in total. The van der Waals surface area contributed by atoms with Gasteiger partial charge in [0.1, 0.15) is 0 Å². The summed E-state index contributed by atoms with van der Waals surface area (Å²) in [6.07, 6.45) is 34.1. The molecule has 0 saturated heterocycles. The van der Waals surface area contributed by atoms with Crippen LogP contribution in [0.3, 0.4) is 0 Å². The molecule has 0 radical (unpaired) electrons. The Morgan fingerprint density at radius 3 is 1.11 bits per heavy atom. The largest absolute Gasteiger partial charge is 0.395 e. The van der Waals surface area contributed by atoms with Gasteiger partial charge in [0.05, 0.1) is 6.61 Å². The molecule has 0 aromatic heterocycles. The predicted molar refractivity (Wildman–Crippen MR) is 155 cm³/mol. The molecule has 0 aliphatic rings. The highest BCUT2D eigenvalue weighted by Crippen LogP contribution is 2.15. The van der Waals surface area contributed by atoms with E-state index in [-0.39, 0.29) is 12.5 Å². The summed E-state index contributed by atoms with van der Waals surface area (Å²) in [7, 11) is 0. The summed E-state index contributed by atoms with van der Waals surface area (Å²) < 4.78 is 0. The molecule has 0 fully saturated rings. The number of aliphatic hydroxyl groups excluding tert-OH is 1. The van der Waals surface area contributed by atoms with Crippen molar-refractivity contribution in [2.75, 3.05) is 19.7 Å². The van der Waals surface area contributed by atoms with E-state index in [1.807, 2.05) is 4.90 Å². The van der Waals surface area contributed by atoms with Crippen LogP contribution in [0.4, 0.5) is 0 Å². The molecule has 35 heavy (non-hydrogen) atoms. The number of aliphatic hydroxyl groups is 1. The first-order chi connectivity index (χ1) is 17.3. The van der Waals surface area contributed by atoms with Gasteiger partial charge in [0.2, 0.25) is 5.91 Å². The lowest BCUT2D eigenvalue weighted by atomic mass is 10.0. The molecule has 0 atom stereocenters. The van der Waals surface area contributed by atoms with E-state index in [0.717, 1.165) is 19.4 Å². The standard InChI is InChI=1S/C32H65NO2/c1-3-5-7-9-11-13-14-15-16-17-18-19-21-23-25-27-29-33(30-31-34)32(35)28-26-24-22-20-12-10-8-6-4-2/h34H,3-31H2,1-2H3. The Balaban J connectivity index is 3.51. The van der Waals surface area contributed by atoms with Crippen LogP contribution in [0, 0.1) is 0 Å². The Kier molecular flexibility index (Phi) is 29.2. The normalized spacial score (nSPS) is 11.3. The first-order valence-electron chi connectivity index (χ1n) is 16.1. The van der Waals surface area contributed by atoms with Gasteiger partial charge in [0.15, 0.2) is 0 Å². The molecule has 0 bridgehead atoms. The minimum atomic E-state index is 0.0857. The first kappa shape index (κ1) is 34.4. The summed E-state index contributed by atoms with van der Waals surface area (Å²) >= 11 is 0. The van der Waals surface area contributed by atoms with Crippen molar-refractivity contribution < 1.29 is 9.90 Å². The van der Waals surface area contributed by atoms with E-state index in [2.05, 4.69) is 13.8 Å². The van der Waals surface area contributed by atoms with Crippen LogP contribution in [0.25, 0.3) is 0 Å². The van der Waals surface area contributed by atoms with Gasteiger partial charge < -0.3 is 10.0 Å².